The van der Waals surface area contributed by atoms with Gasteiger partial charge in [0.15, 0.2) is 0 Å². The summed E-state index contributed by atoms with van der Waals surface area (Å²) in [7, 11) is -3.88. The number of sulfonamides is 1. The molecule has 1 aromatic carbocycles. The standard InChI is InChI=1S/C12H16N2O4S/c1-3-7-14(4-2)19(17,18)11-6-5-9(13)8-10(11)12(15)16/h3,5-6,8H,1,4,7,13H2,2H3,(H,15,16). The van der Waals surface area contributed by atoms with Gasteiger partial charge < -0.3 is 10.8 Å². The molecule has 1 rings (SSSR count). The highest BCUT2D eigenvalue weighted by Gasteiger charge is 2.27. The maximum atomic E-state index is 12.4. The minimum atomic E-state index is -3.88. The molecule has 104 valence electrons. The van der Waals surface area contributed by atoms with Gasteiger partial charge in [0.2, 0.25) is 10.0 Å². The van der Waals surface area contributed by atoms with E-state index in [4.69, 9.17) is 10.8 Å². The minimum Gasteiger partial charge on any atom is -0.478 e. The van der Waals surface area contributed by atoms with Crippen LogP contribution in [0.2, 0.25) is 0 Å². The molecule has 0 bridgehead atoms. The van der Waals surface area contributed by atoms with Gasteiger partial charge in [0.05, 0.1) is 10.5 Å². The van der Waals surface area contributed by atoms with E-state index in [0.29, 0.717) is 0 Å². The second-order valence-corrected chi connectivity index (χ2v) is 5.71. The third-order valence-corrected chi connectivity index (χ3v) is 4.54. The molecule has 6 nitrogen and oxygen atoms in total. The van der Waals surface area contributed by atoms with Crippen LogP contribution in [0.5, 0.6) is 0 Å². The highest BCUT2D eigenvalue weighted by molar-refractivity contribution is 7.89. The van der Waals surface area contributed by atoms with E-state index in [1.165, 1.54) is 18.2 Å². The van der Waals surface area contributed by atoms with Crippen LogP contribution < -0.4 is 5.73 Å². The van der Waals surface area contributed by atoms with Crippen LogP contribution in [0.4, 0.5) is 5.69 Å². The molecule has 0 radical (unpaired) electrons. The average molecular weight is 284 g/mol. The third-order valence-electron chi connectivity index (χ3n) is 2.54. The van der Waals surface area contributed by atoms with Crippen molar-refractivity contribution in [2.45, 2.75) is 11.8 Å². The largest absolute Gasteiger partial charge is 0.478 e. The van der Waals surface area contributed by atoms with Gasteiger partial charge in [0.1, 0.15) is 0 Å². The van der Waals surface area contributed by atoms with Crippen molar-refractivity contribution < 1.29 is 18.3 Å². The van der Waals surface area contributed by atoms with Crippen molar-refractivity contribution in [3.05, 3.63) is 36.4 Å². The lowest BCUT2D eigenvalue weighted by Crippen LogP contribution is -2.32. The van der Waals surface area contributed by atoms with E-state index in [-0.39, 0.29) is 29.2 Å². The molecule has 0 fully saturated rings. The molecular weight excluding hydrogens is 268 g/mol. The molecule has 0 spiro atoms. The number of nitrogens with zero attached hydrogens (tertiary/aromatic N) is 1. The Bertz CT molecular complexity index is 596. The molecule has 0 atom stereocenters. The molecule has 19 heavy (non-hydrogen) atoms. The fraction of sp³-hybridized carbons (Fsp3) is 0.250. The second kappa shape index (κ2) is 5.85. The summed E-state index contributed by atoms with van der Waals surface area (Å²) in [4.78, 5) is 10.9. The Kier molecular flexibility index (Phi) is 4.68. The topological polar surface area (TPSA) is 101 Å². The van der Waals surface area contributed by atoms with E-state index in [9.17, 15) is 13.2 Å². The van der Waals surface area contributed by atoms with Gasteiger partial charge in [-0.15, -0.1) is 6.58 Å². The summed E-state index contributed by atoms with van der Waals surface area (Å²) in [6.07, 6.45) is 1.44. The molecule has 0 unspecified atom stereocenters. The lowest BCUT2D eigenvalue weighted by molar-refractivity contribution is 0.0692. The summed E-state index contributed by atoms with van der Waals surface area (Å²) >= 11 is 0. The number of rotatable bonds is 6. The van der Waals surface area contributed by atoms with Gasteiger partial charge in [-0.3, -0.25) is 0 Å². The second-order valence-electron chi connectivity index (χ2n) is 3.81. The summed E-state index contributed by atoms with van der Waals surface area (Å²) < 4.78 is 25.9. The van der Waals surface area contributed by atoms with Crippen molar-refractivity contribution in [3.63, 3.8) is 0 Å². The Morgan fingerprint density at radius 2 is 2.16 bits per heavy atom. The number of carbonyl (C=O) groups is 1. The molecule has 0 heterocycles. The first-order valence-electron chi connectivity index (χ1n) is 5.58. The van der Waals surface area contributed by atoms with E-state index in [0.717, 1.165) is 10.4 Å². The molecule has 0 amide bonds. The SMILES string of the molecule is C=CCN(CC)S(=O)(=O)c1ccc(N)cc1C(=O)O. The zero-order valence-electron chi connectivity index (χ0n) is 10.5. The number of aromatic carboxylic acids is 1. The van der Waals surface area contributed by atoms with Gasteiger partial charge in [-0.1, -0.05) is 13.0 Å². The monoisotopic (exact) mass is 284 g/mol. The van der Waals surface area contributed by atoms with Crippen molar-refractivity contribution in [1.82, 2.24) is 4.31 Å². The van der Waals surface area contributed by atoms with Gasteiger partial charge in [0.25, 0.3) is 0 Å². The van der Waals surface area contributed by atoms with Crippen LogP contribution in [0.3, 0.4) is 0 Å². The summed E-state index contributed by atoms with van der Waals surface area (Å²) in [5.41, 5.74) is 5.35. The van der Waals surface area contributed by atoms with Gasteiger partial charge in [0, 0.05) is 18.8 Å². The van der Waals surface area contributed by atoms with Crippen molar-refractivity contribution in [1.29, 1.82) is 0 Å². The fourth-order valence-corrected chi connectivity index (χ4v) is 3.20. The number of carboxylic acids is 1. The normalized spacial score (nSPS) is 11.5. The highest BCUT2D eigenvalue weighted by atomic mass is 32.2. The first kappa shape index (κ1) is 15.2. The van der Waals surface area contributed by atoms with Crippen LogP contribution in [0, 0.1) is 0 Å². The number of likely N-dealkylation sites (N-methyl/N-ethyl adjacent to an activating group) is 1. The summed E-state index contributed by atoms with van der Waals surface area (Å²) in [6.45, 7) is 5.48. The molecule has 0 saturated heterocycles. The van der Waals surface area contributed by atoms with Crippen molar-refractivity contribution in [2.75, 3.05) is 18.8 Å². The maximum Gasteiger partial charge on any atom is 0.337 e. The summed E-state index contributed by atoms with van der Waals surface area (Å²) in [5, 5.41) is 9.08. The molecule has 0 aromatic heterocycles. The Morgan fingerprint density at radius 1 is 1.53 bits per heavy atom. The Balaban J connectivity index is 3.43. The number of nitrogen functional groups attached to an aromatic ring is 1. The first-order chi connectivity index (χ1) is 8.84. The summed E-state index contributed by atoms with van der Waals surface area (Å²) in [5.74, 6) is -1.33. The molecular formula is C12H16N2O4S. The maximum absolute atomic E-state index is 12.4. The predicted molar refractivity (Wildman–Crippen MR) is 72.4 cm³/mol. The van der Waals surface area contributed by atoms with Crippen LogP contribution in [0.1, 0.15) is 17.3 Å². The Morgan fingerprint density at radius 3 is 2.63 bits per heavy atom. The van der Waals surface area contributed by atoms with Crippen molar-refractivity contribution >= 4 is 21.7 Å². The van der Waals surface area contributed by atoms with Crippen molar-refractivity contribution in [3.8, 4) is 0 Å². The molecule has 0 aliphatic carbocycles. The molecule has 0 aliphatic heterocycles. The number of hydrogen-bond acceptors (Lipinski definition) is 4. The van der Waals surface area contributed by atoms with E-state index in [1.54, 1.807) is 6.92 Å². The van der Waals surface area contributed by atoms with Gasteiger partial charge in [-0.05, 0) is 18.2 Å². The van der Waals surface area contributed by atoms with Crippen LogP contribution >= 0.6 is 0 Å². The van der Waals surface area contributed by atoms with Gasteiger partial charge in [-0.2, -0.15) is 4.31 Å². The number of hydrogen-bond donors (Lipinski definition) is 2. The smallest absolute Gasteiger partial charge is 0.337 e. The van der Waals surface area contributed by atoms with Crippen LogP contribution in [-0.2, 0) is 10.0 Å². The molecule has 7 heteroatoms. The lowest BCUT2D eigenvalue weighted by Gasteiger charge is -2.20. The fourth-order valence-electron chi connectivity index (χ4n) is 1.62. The van der Waals surface area contributed by atoms with Crippen LogP contribution in [0.15, 0.2) is 35.7 Å². The van der Waals surface area contributed by atoms with Crippen LogP contribution in [0.25, 0.3) is 0 Å². The third kappa shape index (κ3) is 3.12. The Hall–Kier alpha value is -1.86. The van der Waals surface area contributed by atoms with E-state index in [2.05, 4.69) is 6.58 Å². The first-order valence-corrected chi connectivity index (χ1v) is 7.02. The molecule has 0 aliphatic rings. The minimum absolute atomic E-state index is 0.113. The number of anilines is 1. The number of nitrogens with two attached hydrogens (primary N) is 1. The quantitative estimate of drug-likeness (QED) is 0.603. The average Bonchev–Trinajstić information content (AvgIpc) is 2.35. The van der Waals surface area contributed by atoms with E-state index in [1.807, 2.05) is 0 Å². The van der Waals surface area contributed by atoms with Gasteiger partial charge in [-0.25, -0.2) is 13.2 Å². The van der Waals surface area contributed by atoms with Gasteiger partial charge >= 0.3 is 5.97 Å². The lowest BCUT2D eigenvalue weighted by atomic mass is 10.2. The molecule has 1 aromatic rings. The Labute approximate surface area is 112 Å². The van der Waals surface area contributed by atoms with Crippen LogP contribution in [-0.4, -0.2) is 36.9 Å². The molecule has 0 saturated carbocycles. The van der Waals surface area contributed by atoms with Crippen molar-refractivity contribution in [2.24, 2.45) is 0 Å². The van der Waals surface area contributed by atoms with E-state index >= 15 is 0 Å². The summed E-state index contributed by atoms with van der Waals surface area (Å²) in [6, 6.07) is 3.71. The van der Waals surface area contributed by atoms with E-state index < -0.39 is 16.0 Å². The molecule has 3 N–H and O–H groups in total. The zero-order valence-corrected chi connectivity index (χ0v) is 11.4. The number of carboxylic acid groups (broad SMARTS) is 1. The number of benzene rings is 1. The zero-order chi connectivity index (χ0) is 14.6. The predicted octanol–water partition coefficient (Wildman–Crippen LogP) is 1.16. The highest BCUT2D eigenvalue weighted by Crippen LogP contribution is 2.22.